The molecule has 0 spiro atoms. The Morgan fingerprint density at radius 3 is 2.44 bits per heavy atom. The zero-order chi connectivity index (χ0) is 13.1. The van der Waals surface area contributed by atoms with E-state index in [-0.39, 0.29) is 5.91 Å². The van der Waals surface area contributed by atoms with Gasteiger partial charge in [0, 0.05) is 16.9 Å². The fourth-order valence-electron chi connectivity index (χ4n) is 1.74. The molecule has 0 bridgehead atoms. The molecule has 0 aliphatic carbocycles. The van der Waals surface area contributed by atoms with Gasteiger partial charge in [0.1, 0.15) is 0 Å². The van der Waals surface area contributed by atoms with Crippen LogP contribution in [0.3, 0.4) is 0 Å². The first-order chi connectivity index (χ1) is 8.58. The van der Waals surface area contributed by atoms with Gasteiger partial charge in [-0.3, -0.25) is 4.79 Å². The van der Waals surface area contributed by atoms with Crippen molar-refractivity contribution < 1.29 is 4.79 Å². The Kier molecular flexibility index (Phi) is 3.33. The van der Waals surface area contributed by atoms with Gasteiger partial charge in [0.2, 0.25) is 0 Å². The Balaban J connectivity index is 2.22. The highest BCUT2D eigenvalue weighted by Gasteiger charge is 2.08. The maximum atomic E-state index is 12.1. The monoisotopic (exact) mass is 240 g/mol. The van der Waals surface area contributed by atoms with Gasteiger partial charge < -0.3 is 11.1 Å². The average Bonchev–Trinajstić information content (AvgIpc) is 2.34. The molecule has 92 valence electrons. The summed E-state index contributed by atoms with van der Waals surface area (Å²) < 4.78 is 0. The van der Waals surface area contributed by atoms with E-state index >= 15 is 0 Å². The number of nitrogens with one attached hydrogen (secondary N) is 1. The van der Waals surface area contributed by atoms with E-state index in [9.17, 15) is 4.79 Å². The van der Waals surface area contributed by atoms with Gasteiger partial charge in [-0.15, -0.1) is 0 Å². The number of aryl methyl sites for hydroxylation is 2. The van der Waals surface area contributed by atoms with Gasteiger partial charge in [0.15, 0.2) is 0 Å². The molecular weight excluding hydrogens is 224 g/mol. The molecule has 3 N–H and O–H groups in total. The minimum absolute atomic E-state index is 0.114. The number of nitrogen functional groups attached to an aromatic ring is 1. The first-order valence-corrected chi connectivity index (χ1v) is 5.81. The highest BCUT2D eigenvalue weighted by molar-refractivity contribution is 6.05. The van der Waals surface area contributed by atoms with Crippen LogP contribution in [0.25, 0.3) is 0 Å². The van der Waals surface area contributed by atoms with E-state index in [0.717, 1.165) is 11.1 Å². The molecule has 0 radical (unpaired) electrons. The summed E-state index contributed by atoms with van der Waals surface area (Å²) in [4.78, 5) is 12.1. The van der Waals surface area contributed by atoms with Crippen molar-refractivity contribution in [2.24, 2.45) is 0 Å². The summed E-state index contributed by atoms with van der Waals surface area (Å²) in [5, 5.41) is 2.85. The molecule has 2 aromatic carbocycles. The van der Waals surface area contributed by atoms with Crippen LogP contribution in [-0.4, -0.2) is 5.91 Å². The standard InChI is InChI=1S/C15H16N2O/c1-10-5-3-4-6-13(10)15(18)17-12-8-7-11(2)14(16)9-12/h3-9H,16H2,1-2H3,(H,17,18). The van der Waals surface area contributed by atoms with Crippen molar-refractivity contribution in [1.29, 1.82) is 0 Å². The SMILES string of the molecule is Cc1ccc(NC(=O)c2ccccc2C)cc1N. The second-order valence-electron chi connectivity index (χ2n) is 4.34. The summed E-state index contributed by atoms with van der Waals surface area (Å²) in [5.41, 5.74) is 9.84. The lowest BCUT2D eigenvalue weighted by Crippen LogP contribution is -2.13. The van der Waals surface area contributed by atoms with E-state index in [1.54, 1.807) is 6.07 Å². The number of benzene rings is 2. The molecule has 0 unspecified atom stereocenters. The molecule has 0 saturated carbocycles. The van der Waals surface area contributed by atoms with Gasteiger partial charge in [0.25, 0.3) is 5.91 Å². The molecule has 3 heteroatoms. The summed E-state index contributed by atoms with van der Waals surface area (Å²) in [6.45, 7) is 3.85. The topological polar surface area (TPSA) is 55.1 Å². The van der Waals surface area contributed by atoms with E-state index < -0.39 is 0 Å². The maximum Gasteiger partial charge on any atom is 0.255 e. The molecular formula is C15H16N2O. The van der Waals surface area contributed by atoms with Gasteiger partial charge in [-0.05, 0) is 43.2 Å². The third kappa shape index (κ3) is 2.51. The fourth-order valence-corrected chi connectivity index (χ4v) is 1.74. The number of hydrogen-bond acceptors (Lipinski definition) is 2. The molecule has 0 heterocycles. The minimum Gasteiger partial charge on any atom is -0.398 e. The van der Waals surface area contributed by atoms with Gasteiger partial charge >= 0.3 is 0 Å². The lowest BCUT2D eigenvalue weighted by Gasteiger charge is -2.09. The third-order valence-corrected chi connectivity index (χ3v) is 2.93. The maximum absolute atomic E-state index is 12.1. The molecule has 0 fully saturated rings. The first-order valence-electron chi connectivity index (χ1n) is 5.81. The number of rotatable bonds is 2. The Bertz CT molecular complexity index is 591. The second kappa shape index (κ2) is 4.92. The van der Waals surface area contributed by atoms with Gasteiger partial charge in [-0.1, -0.05) is 24.3 Å². The van der Waals surface area contributed by atoms with Crippen LogP contribution >= 0.6 is 0 Å². The number of nitrogens with two attached hydrogens (primary N) is 1. The largest absolute Gasteiger partial charge is 0.398 e. The van der Waals surface area contributed by atoms with Crippen molar-refractivity contribution >= 4 is 17.3 Å². The van der Waals surface area contributed by atoms with Crippen molar-refractivity contribution in [3.63, 3.8) is 0 Å². The molecule has 1 amide bonds. The van der Waals surface area contributed by atoms with Crippen molar-refractivity contribution in [1.82, 2.24) is 0 Å². The predicted molar refractivity (Wildman–Crippen MR) is 74.7 cm³/mol. The molecule has 0 aromatic heterocycles. The number of anilines is 2. The number of carbonyl (C=O) groups excluding carboxylic acids is 1. The van der Waals surface area contributed by atoms with Crippen LogP contribution in [0.5, 0.6) is 0 Å². The molecule has 3 nitrogen and oxygen atoms in total. The molecule has 18 heavy (non-hydrogen) atoms. The van der Waals surface area contributed by atoms with Gasteiger partial charge in [-0.2, -0.15) is 0 Å². The molecule has 0 atom stereocenters. The molecule has 0 aliphatic rings. The third-order valence-electron chi connectivity index (χ3n) is 2.93. The Labute approximate surface area is 107 Å². The summed E-state index contributed by atoms with van der Waals surface area (Å²) in [6, 6.07) is 13.0. The Hall–Kier alpha value is -2.29. The van der Waals surface area contributed by atoms with E-state index in [1.165, 1.54) is 0 Å². The molecule has 0 saturated heterocycles. The van der Waals surface area contributed by atoms with E-state index in [1.807, 2.05) is 50.2 Å². The summed E-state index contributed by atoms with van der Waals surface area (Å²) in [6.07, 6.45) is 0. The van der Waals surface area contributed by atoms with E-state index in [4.69, 9.17) is 5.73 Å². The summed E-state index contributed by atoms with van der Waals surface area (Å²) >= 11 is 0. The van der Waals surface area contributed by atoms with Crippen molar-refractivity contribution in [3.05, 3.63) is 59.2 Å². The second-order valence-corrected chi connectivity index (χ2v) is 4.34. The van der Waals surface area contributed by atoms with Crippen molar-refractivity contribution in [2.45, 2.75) is 13.8 Å². The molecule has 0 aliphatic heterocycles. The fraction of sp³-hybridized carbons (Fsp3) is 0.133. The quantitative estimate of drug-likeness (QED) is 0.792. The van der Waals surface area contributed by atoms with Crippen LogP contribution in [0.4, 0.5) is 11.4 Å². The number of hydrogen-bond donors (Lipinski definition) is 2. The van der Waals surface area contributed by atoms with Crippen LogP contribution in [0.1, 0.15) is 21.5 Å². The molecule has 2 aromatic rings. The van der Waals surface area contributed by atoms with E-state index in [2.05, 4.69) is 5.32 Å². The van der Waals surface area contributed by atoms with Gasteiger partial charge in [0.05, 0.1) is 0 Å². The Morgan fingerprint density at radius 1 is 1.06 bits per heavy atom. The normalized spacial score (nSPS) is 10.1. The van der Waals surface area contributed by atoms with Crippen LogP contribution in [0.15, 0.2) is 42.5 Å². The number of amides is 1. The number of carbonyl (C=O) groups is 1. The minimum atomic E-state index is -0.114. The highest BCUT2D eigenvalue weighted by Crippen LogP contribution is 2.18. The highest BCUT2D eigenvalue weighted by atomic mass is 16.1. The van der Waals surface area contributed by atoms with Crippen molar-refractivity contribution in [2.75, 3.05) is 11.1 Å². The van der Waals surface area contributed by atoms with Gasteiger partial charge in [-0.25, -0.2) is 0 Å². The summed E-state index contributed by atoms with van der Waals surface area (Å²) in [7, 11) is 0. The van der Waals surface area contributed by atoms with Crippen molar-refractivity contribution in [3.8, 4) is 0 Å². The van der Waals surface area contributed by atoms with E-state index in [0.29, 0.717) is 16.9 Å². The summed E-state index contributed by atoms with van der Waals surface area (Å²) in [5.74, 6) is -0.114. The first kappa shape index (κ1) is 12.2. The lowest BCUT2D eigenvalue weighted by atomic mass is 10.1. The predicted octanol–water partition coefficient (Wildman–Crippen LogP) is 3.14. The zero-order valence-electron chi connectivity index (χ0n) is 10.5. The zero-order valence-corrected chi connectivity index (χ0v) is 10.5. The smallest absolute Gasteiger partial charge is 0.255 e. The Morgan fingerprint density at radius 2 is 1.78 bits per heavy atom. The van der Waals surface area contributed by atoms with Crippen LogP contribution in [0, 0.1) is 13.8 Å². The average molecular weight is 240 g/mol. The van der Waals surface area contributed by atoms with Crippen LogP contribution < -0.4 is 11.1 Å². The van der Waals surface area contributed by atoms with Crippen LogP contribution in [0.2, 0.25) is 0 Å². The van der Waals surface area contributed by atoms with Crippen LogP contribution in [-0.2, 0) is 0 Å². The lowest BCUT2D eigenvalue weighted by molar-refractivity contribution is 0.102. The molecule has 2 rings (SSSR count).